The third-order valence-electron chi connectivity index (χ3n) is 3.98. The average molecular weight is 280 g/mol. The molecule has 0 amide bonds. The van der Waals surface area contributed by atoms with Crippen molar-refractivity contribution in [1.82, 2.24) is 4.90 Å². The summed E-state index contributed by atoms with van der Waals surface area (Å²) in [5, 5.41) is 0. The Morgan fingerprint density at radius 2 is 1.70 bits per heavy atom. The molecule has 0 aliphatic heterocycles. The summed E-state index contributed by atoms with van der Waals surface area (Å²) in [6.07, 6.45) is 0. The van der Waals surface area contributed by atoms with Crippen molar-refractivity contribution in [1.29, 1.82) is 0 Å². The monoisotopic (exact) mass is 280 g/mol. The maximum absolute atomic E-state index is 6.31. The van der Waals surface area contributed by atoms with Crippen LogP contribution in [0.15, 0.2) is 18.2 Å². The highest BCUT2D eigenvalue weighted by Crippen LogP contribution is 2.29. The Kier molecular flexibility index (Phi) is 6.30. The normalized spacial score (nSPS) is 14.4. The lowest BCUT2D eigenvalue weighted by Crippen LogP contribution is -2.38. The number of benzene rings is 1. The molecule has 1 aromatic rings. The van der Waals surface area contributed by atoms with Gasteiger partial charge in [0.1, 0.15) is 0 Å². The van der Waals surface area contributed by atoms with Crippen LogP contribution in [-0.4, -0.2) is 38.8 Å². The lowest BCUT2D eigenvalue weighted by atomic mass is 10.0. The highest BCUT2D eigenvalue weighted by Gasteiger charge is 2.17. The maximum Gasteiger partial charge on any atom is 0.161 e. The van der Waals surface area contributed by atoms with E-state index in [1.807, 2.05) is 18.2 Å². The second kappa shape index (κ2) is 7.50. The van der Waals surface area contributed by atoms with E-state index in [0.717, 1.165) is 23.6 Å². The van der Waals surface area contributed by atoms with Gasteiger partial charge in [0.15, 0.2) is 11.5 Å². The van der Waals surface area contributed by atoms with E-state index in [-0.39, 0.29) is 6.04 Å². The van der Waals surface area contributed by atoms with Gasteiger partial charge in [-0.1, -0.05) is 19.9 Å². The molecule has 1 rings (SSSR count). The van der Waals surface area contributed by atoms with E-state index < -0.39 is 0 Å². The lowest BCUT2D eigenvalue weighted by molar-refractivity contribution is 0.197. The number of ether oxygens (including phenoxy) is 2. The van der Waals surface area contributed by atoms with E-state index in [4.69, 9.17) is 15.2 Å². The van der Waals surface area contributed by atoms with Gasteiger partial charge in [-0.25, -0.2) is 0 Å². The molecule has 2 N–H and O–H groups in total. The van der Waals surface area contributed by atoms with E-state index in [1.54, 1.807) is 14.2 Å². The average Bonchev–Trinajstić information content (AvgIpc) is 2.45. The quantitative estimate of drug-likeness (QED) is 0.834. The third kappa shape index (κ3) is 4.12. The van der Waals surface area contributed by atoms with Crippen LogP contribution in [0.2, 0.25) is 0 Å². The first-order chi connectivity index (χ1) is 9.40. The van der Waals surface area contributed by atoms with Crippen LogP contribution in [0.25, 0.3) is 0 Å². The summed E-state index contributed by atoms with van der Waals surface area (Å²) in [6.45, 7) is 7.49. The number of nitrogens with two attached hydrogens (primary N) is 1. The van der Waals surface area contributed by atoms with Gasteiger partial charge in [-0.2, -0.15) is 0 Å². The highest BCUT2D eigenvalue weighted by molar-refractivity contribution is 5.43. The standard InChI is InChI=1S/C16H28N2O2/c1-11(2)12(3)18(4)10-14(17)13-7-8-15(19-5)16(9-13)20-6/h7-9,11-12,14H,10,17H2,1-6H3. The minimum Gasteiger partial charge on any atom is -0.493 e. The van der Waals surface area contributed by atoms with Crippen molar-refractivity contribution in [2.75, 3.05) is 27.8 Å². The van der Waals surface area contributed by atoms with Gasteiger partial charge < -0.3 is 20.1 Å². The zero-order chi connectivity index (χ0) is 15.3. The molecule has 2 unspecified atom stereocenters. The maximum atomic E-state index is 6.31. The number of rotatable bonds is 7. The van der Waals surface area contributed by atoms with Crippen molar-refractivity contribution in [2.45, 2.75) is 32.9 Å². The molecule has 0 radical (unpaired) electrons. The molecule has 0 spiro atoms. The van der Waals surface area contributed by atoms with Gasteiger partial charge in [-0.05, 0) is 37.6 Å². The Morgan fingerprint density at radius 3 is 2.20 bits per heavy atom. The molecule has 0 heterocycles. The number of likely N-dealkylation sites (N-methyl/N-ethyl adjacent to an activating group) is 1. The van der Waals surface area contributed by atoms with Crippen LogP contribution in [0, 0.1) is 5.92 Å². The number of methoxy groups -OCH3 is 2. The third-order valence-corrected chi connectivity index (χ3v) is 3.98. The fraction of sp³-hybridized carbons (Fsp3) is 0.625. The molecule has 20 heavy (non-hydrogen) atoms. The van der Waals surface area contributed by atoms with Crippen LogP contribution in [0.3, 0.4) is 0 Å². The van der Waals surface area contributed by atoms with Gasteiger partial charge in [-0.15, -0.1) is 0 Å². The van der Waals surface area contributed by atoms with Crippen LogP contribution in [0.5, 0.6) is 11.5 Å². The smallest absolute Gasteiger partial charge is 0.161 e. The first-order valence-electron chi connectivity index (χ1n) is 7.08. The van der Waals surface area contributed by atoms with Gasteiger partial charge >= 0.3 is 0 Å². The van der Waals surface area contributed by atoms with Crippen molar-refractivity contribution in [3.63, 3.8) is 0 Å². The number of hydrogen-bond donors (Lipinski definition) is 1. The number of nitrogens with zero attached hydrogens (tertiary/aromatic N) is 1. The zero-order valence-corrected chi connectivity index (χ0v) is 13.5. The number of hydrogen-bond acceptors (Lipinski definition) is 4. The SMILES string of the molecule is COc1ccc(C(N)CN(C)C(C)C(C)C)cc1OC. The highest BCUT2D eigenvalue weighted by atomic mass is 16.5. The molecule has 0 fully saturated rings. The Balaban J connectivity index is 2.79. The van der Waals surface area contributed by atoms with Crippen molar-refractivity contribution < 1.29 is 9.47 Å². The van der Waals surface area contributed by atoms with Crippen LogP contribution in [0.4, 0.5) is 0 Å². The zero-order valence-electron chi connectivity index (χ0n) is 13.5. The summed E-state index contributed by atoms with van der Waals surface area (Å²) in [4.78, 5) is 2.30. The van der Waals surface area contributed by atoms with E-state index in [9.17, 15) is 0 Å². The molecule has 4 nitrogen and oxygen atoms in total. The molecule has 0 aliphatic carbocycles. The molecule has 2 atom stereocenters. The van der Waals surface area contributed by atoms with Gasteiger partial charge in [0.25, 0.3) is 0 Å². The first-order valence-corrected chi connectivity index (χ1v) is 7.08. The predicted molar refractivity (Wildman–Crippen MR) is 83.4 cm³/mol. The van der Waals surface area contributed by atoms with E-state index >= 15 is 0 Å². The summed E-state index contributed by atoms with van der Waals surface area (Å²) in [5.41, 5.74) is 7.37. The predicted octanol–water partition coefficient (Wildman–Crippen LogP) is 2.68. The van der Waals surface area contributed by atoms with E-state index in [2.05, 4.69) is 32.7 Å². The van der Waals surface area contributed by atoms with E-state index in [1.165, 1.54) is 0 Å². The van der Waals surface area contributed by atoms with Crippen molar-refractivity contribution >= 4 is 0 Å². The Labute approximate surface area is 122 Å². The van der Waals surface area contributed by atoms with E-state index in [0.29, 0.717) is 12.0 Å². The summed E-state index contributed by atoms with van der Waals surface area (Å²) < 4.78 is 10.6. The van der Waals surface area contributed by atoms with Gasteiger partial charge in [0.2, 0.25) is 0 Å². The molecule has 0 bridgehead atoms. The molecule has 1 aromatic carbocycles. The van der Waals surface area contributed by atoms with Crippen molar-refractivity contribution in [3.8, 4) is 11.5 Å². The van der Waals surface area contributed by atoms with Crippen LogP contribution in [0.1, 0.15) is 32.4 Å². The second-order valence-corrected chi connectivity index (χ2v) is 5.65. The van der Waals surface area contributed by atoms with Crippen LogP contribution >= 0.6 is 0 Å². The fourth-order valence-electron chi connectivity index (χ4n) is 2.17. The molecule has 114 valence electrons. The molecule has 0 aromatic heterocycles. The Hall–Kier alpha value is -1.26. The molecule has 0 saturated heterocycles. The Morgan fingerprint density at radius 1 is 1.10 bits per heavy atom. The van der Waals surface area contributed by atoms with Crippen molar-refractivity contribution in [3.05, 3.63) is 23.8 Å². The molecule has 0 saturated carbocycles. The van der Waals surface area contributed by atoms with Crippen LogP contribution < -0.4 is 15.2 Å². The summed E-state index contributed by atoms with van der Waals surface area (Å²) >= 11 is 0. The summed E-state index contributed by atoms with van der Waals surface area (Å²) in [7, 11) is 5.39. The Bertz CT molecular complexity index is 421. The minimum atomic E-state index is -0.0407. The molecular formula is C16H28N2O2. The summed E-state index contributed by atoms with van der Waals surface area (Å²) in [6, 6.07) is 6.32. The molecule has 0 aliphatic rings. The largest absolute Gasteiger partial charge is 0.493 e. The topological polar surface area (TPSA) is 47.7 Å². The molecular weight excluding hydrogens is 252 g/mol. The second-order valence-electron chi connectivity index (χ2n) is 5.65. The van der Waals surface area contributed by atoms with Crippen LogP contribution in [-0.2, 0) is 0 Å². The molecule has 4 heteroatoms. The van der Waals surface area contributed by atoms with Gasteiger partial charge in [0, 0.05) is 18.6 Å². The fourth-order valence-corrected chi connectivity index (χ4v) is 2.17. The summed E-state index contributed by atoms with van der Waals surface area (Å²) in [5.74, 6) is 2.06. The first kappa shape index (κ1) is 16.8. The van der Waals surface area contributed by atoms with Gasteiger partial charge in [-0.3, -0.25) is 0 Å². The lowest BCUT2D eigenvalue weighted by Gasteiger charge is -2.30. The van der Waals surface area contributed by atoms with Crippen molar-refractivity contribution in [2.24, 2.45) is 11.7 Å². The minimum absolute atomic E-state index is 0.0407. The van der Waals surface area contributed by atoms with Gasteiger partial charge in [0.05, 0.1) is 14.2 Å².